The summed E-state index contributed by atoms with van der Waals surface area (Å²) in [5.41, 5.74) is 4.29. The first-order valence-electron chi connectivity index (χ1n) is 8.47. The third-order valence-electron chi connectivity index (χ3n) is 3.47. The lowest BCUT2D eigenvalue weighted by molar-refractivity contribution is -0.119. The maximum Gasteiger partial charge on any atom is 0.259 e. The fourth-order valence-corrected chi connectivity index (χ4v) is 2.02. The number of carbonyl (C=O) groups is 1. The molecule has 25 heavy (non-hydrogen) atoms. The Hall–Kier alpha value is -2.82. The lowest BCUT2D eigenvalue weighted by Crippen LogP contribution is -2.25. The maximum absolute atomic E-state index is 11.7. The number of rotatable bonds is 9. The Labute approximate surface area is 149 Å². The predicted octanol–water partition coefficient (Wildman–Crippen LogP) is 3.67. The maximum atomic E-state index is 11.7. The van der Waals surface area contributed by atoms with Crippen molar-refractivity contribution < 1.29 is 9.53 Å². The molecule has 2 aromatic rings. The molecule has 0 saturated carbocycles. The van der Waals surface area contributed by atoms with E-state index in [1.807, 2.05) is 54.6 Å². The molecule has 1 amide bonds. The number of para-hydroxylation sites is 1. The van der Waals surface area contributed by atoms with Crippen molar-refractivity contribution in [3.63, 3.8) is 0 Å². The summed E-state index contributed by atoms with van der Waals surface area (Å²) in [5, 5.41) is 6.99. The summed E-state index contributed by atoms with van der Waals surface area (Å²) in [6.07, 6.45) is 2.64. The van der Waals surface area contributed by atoms with Crippen LogP contribution in [0.2, 0.25) is 0 Å². The van der Waals surface area contributed by atoms with Gasteiger partial charge in [-0.1, -0.05) is 32.0 Å². The van der Waals surface area contributed by atoms with Crippen LogP contribution < -0.4 is 15.5 Å². The zero-order chi connectivity index (χ0) is 17.9. The number of carbonyl (C=O) groups excluding carboxylic acids is 1. The van der Waals surface area contributed by atoms with Crippen LogP contribution in [0.4, 0.5) is 5.69 Å². The topological polar surface area (TPSA) is 62.7 Å². The fraction of sp³-hybridized carbons (Fsp3) is 0.300. The molecule has 0 fully saturated rings. The van der Waals surface area contributed by atoms with Gasteiger partial charge in [0.05, 0.1) is 19.4 Å². The Morgan fingerprint density at radius 1 is 1.12 bits per heavy atom. The fourth-order valence-electron chi connectivity index (χ4n) is 2.02. The van der Waals surface area contributed by atoms with Crippen LogP contribution in [0.3, 0.4) is 0 Å². The molecular formula is C20H25N3O2. The summed E-state index contributed by atoms with van der Waals surface area (Å²) in [7, 11) is 0. The van der Waals surface area contributed by atoms with E-state index in [2.05, 4.69) is 29.7 Å². The van der Waals surface area contributed by atoms with Gasteiger partial charge in [0.1, 0.15) is 5.75 Å². The average molecular weight is 339 g/mol. The second-order valence-corrected chi connectivity index (χ2v) is 6.11. The van der Waals surface area contributed by atoms with Gasteiger partial charge in [0.2, 0.25) is 0 Å². The van der Waals surface area contributed by atoms with Crippen molar-refractivity contribution >= 4 is 17.8 Å². The molecule has 5 heteroatoms. The van der Waals surface area contributed by atoms with Crippen molar-refractivity contribution in [2.45, 2.75) is 20.3 Å². The number of hydrazone groups is 1. The van der Waals surface area contributed by atoms with Gasteiger partial charge in [0, 0.05) is 5.69 Å². The molecule has 5 nitrogen and oxygen atoms in total. The van der Waals surface area contributed by atoms with E-state index in [1.54, 1.807) is 6.21 Å². The highest BCUT2D eigenvalue weighted by Crippen LogP contribution is 2.12. The Kier molecular flexibility index (Phi) is 7.50. The first-order valence-corrected chi connectivity index (χ1v) is 8.47. The predicted molar refractivity (Wildman–Crippen MR) is 102 cm³/mol. The second kappa shape index (κ2) is 10.1. The SMILES string of the molecule is CC(C)CCOc1ccc(/C=N\NC(=O)CNc2ccccc2)cc1. The van der Waals surface area contributed by atoms with E-state index in [4.69, 9.17) is 4.74 Å². The number of hydrogen-bond acceptors (Lipinski definition) is 4. The van der Waals surface area contributed by atoms with Gasteiger partial charge in [-0.05, 0) is 54.3 Å². The summed E-state index contributed by atoms with van der Waals surface area (Å²) >= 11 is 0. The van der Waals surface area contributed by atoms with Gasteiger partial charge in [0.25, 0.3) is 5.91 Å². The molecule has 0 bridgehead atoms. The highest BCUT2D eigenvalue weighted by Gasteiger charge is 1.99. The average Bonchev–Trinajstić information content (AvgIpc) is 2.62. The minimum absolute atomic E-state index is 0.171. The number of nitrogens with one attached hydrogen (secondary N) is 2. The first kappa shape index (κ1) is 18.5. The largest absolute Gasteiger partial charge is 0.494 e. The molecule has 0 heterocycles. The Morgan fingerprint density at radius 2 is 1.84 bits per heavy atom. The van der Waals surface area contributed by atoms with Gasteiger partial charge in [-0.2, -0.15) is 5.10 Å². The van der Waals surface area contributed by atoms with Crippen molar-refractivity contribution in [2.75, 3.05) is 18.5 Å². The van der Waals surface area contributed by atoms with Crippen LogP contribution in [0, 0.1) is 5.92 Å². The van der Waals surface area contributed by atoms with Crippen LogP contribution in [-0.4, -0.2) is 25.3 Å². The molecule has 0 spiro atoms. The number of benzene rings is 2. The summed E-state index contributed by atoms with van der Waals surface area (Å²) < 4.78 is 5.67. The van der Waals surface area contributed by atoms with E-state index in [0.29, 0.717) is 5.92 Å². The molecule has 2 rings (SSSR count). The van der Waals surface area contributed by atoms with E-state index >= 15 is 0 Å². The van der Waals surface area contributed by atoms with Crippen molar-refractivity contribution in [2.24, 2.45) is 11.0 Å². The van der Waals surface area contributed by atoms with Crippen LogP contribution in [0.15, 0.2) is 59.7 Å². The van der Waals surface area contributed by atoms with Crippen molar-refractivity contribution in [3.05, 3.63) is 60.2 Å². The number of anilines is 1. The van der Waals surface area contributed by atoms with Gasteiger partial charge in [0.15, 0.2) is 0 Å². The second-order valence-electron chi connectivity index (χ2n) is 6.11. The Balaban J connectivity index is 1.71. The molecule has 0 unspecified atom stereocenters. The zero-order valence-corrected chi connectivity index (χ0v) is 14.7. The van der Waals surface area contributed by atoms with Crippen LogP contribution in [0.5, 0.6) is 5.75 Å². The molecule has 0 atom stereocenters. The molecule has 0 radical (unpaired) electrons. The van der Waals surface area contributed by atoms with Gasteiger partial charge in [-0.3, -0.25) is 4.79 Å². The Morgan fingerprint density at radius 3 is 2.52 bits per heavy atom. The minimum Gasteiger partial charge on any atom is -0.494 e. The van der Waals surface area contributed by atoms with Crippen molar-refractivity contribution in [3.8, 4) is 5.75 Å². The highest BCUT2D eigenvalue weighted by molar-refractivity contribution is 5.84. The van der Waals surface area contributed by atoms with Crippen molar-refractivity contribution in [1.82, 2.24) is 5.43 Å². The summed E-state index contributed by atoms with van der Waals surface area (Å²) in [4.78, 5) is 11.7. The highest BCUT2D eigenvalue weighted by atomic mass is 16.5. The minimum atomic E-state index is -0.200. The summed E-state index contributed by atoms with van der Waals surface area (Å²) in [6.45, 7) is 5.23. The third-order valence-corrected chi connectivity index (χ3v) is 3.47. The number of nitrogens with zero attached hydrogens (tertiary/aromatic N) is 1. The van der Waals surface area contributed by atoms with Gasteiger partial charge < -0.3 is 10.1 Å². The number of hydrogen-bond donors (Lipinski definition) is 2. The van der Waals surface area contributed by atoms with E-state index in [1.165, 1.54) is 0 Å². The summed E-state index contributed by atoms with van der Waals surface area (Å²) in [6, 6.07) is 17.2. The normalized spacial score (nSPS) is 10.8. The molecule has 0 aliphatic carbocycles. The quantitative estimate of drug-likeness (QED) is 0.541. The van der Waals surface area contributed by atoms with E-state index in [0.717, 1.165) is 30.0 Å². The van der Waals surface area contributed by atoms with Crippen LogP contribution >= 0.6 is 0 Å². The van der Waals surface area contributed by atoms with Crippen LogP contribution in [0.1, 0.15) is 25.8 Å². The van der Waals surface area contributed by atoms with Gasteiger partial charge >= 0.3 is 0 Å². The molecule has 0 saturated heterocycles. The molecule has 2 aromatic carbocycles. The van der Waals surface area contributed by atoms with Crippen LogP contribution in [-0.2, 0) is 4.79 Å². The molecular weight excluding hydrogens is 314 g/mol. The van der Waals surface area contributed by atoms with E-state index < -0.39 is 0 Å². The van der Waals surface area contributed by atoms with Gasteiger partial charge in [-0.25, -0.2) is 5.43 Å². The molecule has 2 N–H and O–H groups in total. The zero-order valence-electron chi connectivity index (χ0n) is 14.7. The lowest BCUT2D eigenvalue weighted by atomic mass is 10.1. The van der Waals surface area contributed by atoms with Crippen LogP contribution in [0.25, 0.3) is 0 Å². The first-order chi connectivity index (χ1) is 12.1. The third kappa shape index (κ3) is 7.52. The molecule has 0 aliphatic heterocycles. The van der Waals surface area contributed by atoms with Crippen molar-refractivity contribution in [1.29, 1.82) is 0 Å². The van der Waals surface area contributed by atoms with Gasteiger partial charge in [-0.15, -0.1) is 0 Å². The molecule has 132 valence electrons. The van der Waals surface area contributed by atoms with E-state index in [9.17, 15) is 4.79 Å². The molecule has 0 aromatic heterocycles. The Bertz CT molecular complexity index is 667. The standard InChI is InChI=1S/C20H25N3O2/c1-16(2)12-13-25-19-10-8-17(9-11-19)14-22-23-20(24)15-21-18-6-4-3-5-7-18/h3-11,14,16,21H,12-13,15H2,1-2H3,(H,23,24)/b22-14-. The summed E-state index contributed by atoms with van der Waals surface area (Å²) in [5.74, 6) is 1.27. The lowest BCUT2D eigenvalue weighted by Gasteiger charge is -2.08. The monoisotopic (exact) mass is 339 g/mol. The number of amides is 1. The molecule has 0 aliphatic rings. The van der Waals surface area contributed by atoms with E-state index in [-0.39, 0.29) is 12.5 Å². The number of ether oxygens (including phenoxy) is 1. The smallest absolute Gasteiger partial charge is 0.259 e.